The number of aryl methyl sites for hydroxylation is 1. The monoisotopic (exact) mass is 273 g/mol. The first kappa shape index (κ1) is 13.2. The minimum Gasteiger partial charge on any atom is -0.357 e. The second-order valence-electron chi connectivity index (χ2n) is 5.30. The average molecular weight is 273 g/mol. The fourth-order valence-electron chi connectivity index (χ4n) is 2.92. The van der Waals surface area contributed by atoms with Crippen molar-refractivity contribution in [3.63, 3.8) is 0 Å². The molecule has 0 N–H and O–H groups in total. The van der Waals surface area contributed by atoms with E-state index in [4.69, 9.17) is 4.74 Å². The van der Waals surface area contributed by atoms with E-state index >= 15 is 0 Å². The number of amides is 1. The molecule has 0 saturated carbocycles. The maximum absolute atomic E-state index is 12.6. The molecule has 0 radical (unpaired) electrons. The summed E-state index contributed by atoms with van der Waals surface area (Å²) < 4.78 is 5.58. The van der Waals surface area contributed by atoms with Crippen LogP contribution in [0.2, 0.25) is 0 Å². The van der Waals surface area contributed by atoms with Gasteiger partial charge in [-0.3, -0.25) is 14.7 Å². The van der Waals surface area contributed by atoms with Crippen molar-refractivity contribution >= 4 is 17.4 Å². The van der Waals surface area contributed by atoms with E-state index in [0.29, 0.717) is 18.9 Å². The molecule has 20 heavy (non-hydrogen) atoms. The molecule has 2 aliphatic rings. The molecule has 0 bridgehead atoms. The fraction of sp³-hybridized carbons (Fsp3) is 0.533. The molecule has 106 valence electrons. The number of anilines is 1. The lowest BCUT2D eigenvalue weighted by molar-refractivity contribution is -0.112. The van der Waals surface area contributed by atoms with Crippen molar-refractivity contribution in [2.45, 2.75) is 39.3 Å². The summed E-state index contributed by atoms with van der Waals surface area (Å²) in [6.45, 7) is 7.07. The number of hydrogen-bond donors (Lipinski definition) is 0. The number of ether oxygens (including phenoxy) is 1. The molecule has 3 rings (SSSR count). The van der Waals surface area contributed by atoms with Crippen LogP contribution in [0.1, 0.15) is 37.3 Å². The van der Waals surface area contributed by atoms with Crippen molar-refractivity contribution < 1.29 is 9.53 Å². The van der Waals surface area contributed by atoms with Gasteiger partial charge in [0.1, 0.15) is 17.8 Å². The second-order valence-corrected chi connectivity index (χ2v) is 5.30. The normalized spacial score (nSPS) is 25.6. The van der Waals surface area contributed by atoms with Crippen LogP contribution in [0.15, 0.2) is 17.3 Å². The number of pyridine rings is 1. The molecule has 0 spiro atoms. The molecule has 0 fully saturated rings. The fourth-order valence-corrected chi connectivity index (χ4v) is 2.92. The van der Waals surface area contributed by atoms with Crippen molar-refractivity contribution in [3.8, 4) is 0 Å². The van der Waals surface area contributed by atoms with Crippen molar-refractivity contribution in [3.05, 3.63) is 23.4 Å². The molecular weight excluding hydrogens is 254 g/mol. The number of aliphatic imine (C=N–C) groups is 1. The first-order chi connectivity index (χ1) is 9.61. The van der Waals surface area contributed by atoms with Crippen LogP contribution in [0.5, 0.6) is 0 Å². The molecular formula is C15H19N3O2. The van der Waals surface area contributed by atoms with Gasteiger partial charge in [-0.25, -0.2) is 4.98 Å². The lowest BCUT2D eigenvalue weighted by Gasteiger charge is -2.32. The summed E-state index contributed by atoms with van der Waals surface area (Å²) in [5.41, 5.74) is 2.83. The molecule has 2 aliphatic heterocycles. The lowest BCUT2D eigenvalue weighted by Crippen LogP contribution is -2.44. The lowest BCUT2D eigenvalue weighted by atomic mass is 9.86. The molecule has 3 heterocycles. The highest BCUT2D eigenvalue weighted by molar-refractivity contribution is 6.47. The van der Waals surface area contributed by atoms with Gasteiger partial charge in [0, 0.05) is 24.2 Å². The van der Waals surface area contributed by atoms with Crippen LogP contribution in [-0.4, -0.2) is 36.0 Å². The summed E-state index contributed by atoms with van der Waals surface area (Å²) in [6.07, 6.45) is 2.34. The Morgan fingerprint density at radius 1 is 1.50 bits per heavy atom. The summed E-state index contributed by atoms with van der Waals surface area (Å²) in [5, 5.41) is 0. The molecule has 0 saturated heterocycles. The zero-order chi connectivity index (χ0) is 14.3. The molecule has 1 amide bonds. The van der Waals surface area contributed by atoms with Gasteiger partial charge in [0.25, 0.3) is 5.91 Å². The predicted molar refractivity (Wildman–Crippen MR) is 77.2 cm³/mol. The maximum atomic E-state index is 12.6. The van der Waals surface area contributed by atoms with Crippen LogP contribution < -0.4 is 4.90 Å². The van der Waals surface area contributed by atoms with Gasteiger partial charge in [0.2, 0.25) is 0 Å². The molecule has 5 heteroatoms. The van der Waals surface area contributed by atoms with E-state index in [1.807, 2.05) is 27.0 Å². The zero-order valence-corrected chi connectivity index (χ0v) is 12.1. The Morgan fingerprint density at radius 3 is 3.05 bits per heavy atom. The minimum atomic E-state index is -0.253. The molecule has 2 atom stereocenters. The van der Waals surface area contributed by atoms with E-state index in [-0.39, 0.29) is 18.1 Å². The van der Waals surface area contributed by atoms with Crippen LogP contribution in [0.3, 0.4) is 0 Å². The largest absolute Gasteiger partial charge is 0.357 e. The summed E-state index contributed by atoms with van der Waals surface area (Å²) in [4.78, 5) is 23.3. The van der Waals surface area contributed by atoms with E-state index < -0.39 is 0 Å². The zero-order valence-electron chi connectivity index (χ0n) is 12.1. The van der Waals surface area contributed by atoms with E-state index in [1.165, 1.54) is 0 Å². The summed E-state index contributed by atoms with van der Waals surface area (Å²) in [7, 11) is 0. The third kappa shape index (κ3) is 2.02. The third-order valence-corrected chi connectivity index (χ3v) is 3.86. The molecule has 0 aliphatic carbocycles. The Labute approximate surface area is 118 Å². The number of nitrogens with zero attached hydrogens (tertiary/aromatic N) is 3. The summed E-state index contributed by atoms with van der Waals surface area (Å²) in [5.74, 6) is 0.762. The Balaban J connectivity index is 2.18. The van der Waals surface area contributed by atoms with Gasteiger partial charge in [0.15, 0.2) is 0 Å². The van der Waals surface area contributed by atoms with Gasteiger partial charge < -0.3 is 4.74 Å². The number of carbonyl (C=O) groups is 1. The molecule has 1 unspecified atom stereocenters. The van der Waals surface area contributed by atoms with Gasteiger partial charge >= 0.3 is 0 Å². The van der Waals surface area contributed by atoms with Gasteiger partial charge in [0.05, 0.1) is 6.61 Å². The summed E-state index contributed by atoms with van der Waals surface area (Å²) in [6, 6.07) is 2.12. The quantitative estimate of drug-likeness (QED) is 0.787. The van der Waals surface area contributed by atoms with E-state index in [1.54, 1.807) is 4.90 Å². The number of fused-ring (bicyclic) bond motifs is 3. The minimum absolute atomic E-state index is 0.0117. The van der Waals surface area contributed by atoms with Gasteiger partial charge in [-0.1, -0.05) is 6.07 Å². The molecule has 1 aromatic heterocycles. The Hall–Kier alpha value is -1.75. The topological polar surface area (TPSA) is 54.8 Å². The number of rotatable bonds is 1. The van der Waals surface area contributed by atoms with E-state index in [9.17, 15) is 4.79 Å². The maximum Gasteiger partial charge on any atom is 0.274 e. The van der Waals surface area contributed by atoms with Crippen LogP contribution >= 0.6 is 0 Å². The molecule has 0 aromatic carbocycles. The highest BCUT2D eigenvalue weighted by Gasteiger charge is 2.38. The number of hydrogen-bond acceptors (Lipinski definition) is 4. The Kier molecular flexibility index (Phi) is 3.30. The average Bonchev–Trinajstić information content (AvgIpc) is 2.62. The van der Waals surface area contributed by atoms with Crippen molar-refractivity contribution in [1.29, 1.82) is 0 Å². The Bertz CT molecular complexity index is 582. The predicted octanol–water partition coefficient (Wildman–Crippen LogP) is 2.05. The third-order valence-electron chi connectivity index (χ3n) is 3.86. The van der Waals surface area contributed by atoms with E-state index in [0.717, 1.165) is 23.4 Å². The highest BCUT2D eigenvalue weighted by atomic mass is 16.5. The molecule has 5 nitrogen and oxygen atoms in total. The van der Waals surface area contributed by atoms with Gasteiger partial charge in [-0.15, -0.1) is 0 Å². The van der Waals surface area contributed by atoms with Crippen LogP contribution in [-0.2, 0) is 9.53 Å². The van der Waals surface area contributed by atoms with Crippen LogP contribution in [0.25, 0.3) is 0 Å². The first-order valence-electron chi connectivity index (χ1n) is 7.09. The van der Waals surface area contributed by atoms with Gasteiger partial charge in [-0.2, -0.15) is 0 Å². The smallest absolute Gasteiger partial charge is 0.274 e. The first-order valence-corrected chi connectivity index (χ1v) is 7.09. The van der Waals surface area contributed by atoms with E-state index in [2.05, 4.69) is 16.0 Å². The molecule has 1 aromatic rings. The van der Waals surface area contributed by atoms with Crippen LogP contribution in [0, 0.1) is 6.92 Å². The van der Waals surface area contributed by atoms with Crippen molar-refractivity contribution in [2.75, 3.05) is 18.1 Å². The van der Waals surface area contributed by atoms with Gasteiger partial charge in [-0.05, 0) is 32.8 Å². The Morgan fingerprint density at radius 2 is 2.30 bits per heavy atom. The van der Waals surface area contributed by atoms with Crippen LogP contribution in [0.4, 0.5) is 5.82 Å². The standard InChI is InChI=1S/C15H19N3O2/c1-4-18-14-12(7-9(2)8-16-14)11-5-6-20-10(3)17-13(11)15(18)19/h7-8,10-11H,4-6H2,1-3H3/t10?,11-/m1/s1. The highest BCUT2D eigenvalue weighted by Crippen LogP contribution is 2.36. The number of aromatic nitrogens is 1. The van der Waals surface area contributed by atoms with Crippen molar-refractivity contribution in [1.82, 2.24) is 4.98 Å². The second kappa shape index (κ2) is 4.98. The SMILES string of the molecule is CCN1C(=O)C2=NC(C)OCC[C@@H]2c2cc(C)cnc21. The van der Waals surface area contributed by atoms with Crippen molar-refractivity contribution in [2.24, 2.45) is 4.99 Å². The summed E-state index contributed by atoms with van der Waals surface area (Å²) >= 11 is 0. The number of carbonyl (C=O) groups excluding carboxylic acids is 1.